The topological polar surface area (TPSA) is 35.9 Å². The van der Waals surface area contributed by atoms with Gasteiger partial charge in [-0.05, 0) is 26.0 Å². The summed E-state index contributed by atoms with van der Waals surface area (Å²) in [7, 11) is 3.65. The SMILES string of the molecule is C=C1/C(=C\N=C(C)C)N(C)C(=O)c2ccccc2N1C. The van der Waals surface area contributed by atoms with Gasteiger partial charge in [0.15, 0.2) is 0 Å². The average Bonchev–Trinajstić information content (AvgIpc) is 2.50. The normalized spacial score (nSPS) is 17.1. The summed E-state index contributed by atoms with van der Waals surface area (Å²) in [4.78, 5) is 20.4. The van der Waals surface area contributed by atoms with Crippen LogP contribution in [0, 0.1) is 0 Å². The number of carbonyl (C=O) groups excluding carboxylic acids is 1. The molecule has 0 aliphatic carbocycles. The molecule has 0 spiro atoms. The summed E-state index contributed by atoms with van der Waals surface area (Å²) in [5.74, 6) is -0.0543. The summed E-state index contributed by atoms with van der Waals surface area (Å²) in [5, 5.41) is 0. The van der Waals surface area contributed by atoms with E-state index in [0.29, 0.717) is 11.3 Å². The van der Waals surface area contributed by atoms with Gasteiger partial charge in [0.05, 0.1) is 28.8 Å². The monoisotopic (exact) mass is 269 g/mol. The highest BCUT2D eigenvalue weighted by Crippen LogP contribution is 2.31. The fraction of sp³-hybridized carbons (Fsp3) is 0.250. The summed E-state index contributed by atoms with van der Waals surface area (Å²) in [6.45, 7) is 7.92. The summed E-state index contributed by atoms with van der Waals surface area (Å²) in [6.07, 6.45) is 1.69. The average molecular weight is 269 g/mol. The Labute approximate surface area is 119 Å². The van der Waals surface area contributed by atoms with Gasteiger partial charge in [0.25, 0.3) is 5.91 Å². The molecule has 1 aliphatic rings. The van der Waals surface area contributed by atoms with Crippen molar-refractivity contribution in [3.8, 4) is 0 Å². The Balaban J connectivity index is 2.59. The van der Waals surface area contributed by atoms with E-state index < -0.39 is 0 Å². The van der Waals surface area contributed by atoms with Gasteiger partial charge in [0.2, 0.25) is 0 Å². The molecule has 1 amide bonds. The zero-order chi connectivity index (χ0) is 14.9. The number of hydrogen-bond acceptors (Lipinski definition) is 3. The van der Waals surface area contributed by atoms with Crippen molar-refractivity contribution in [1.29, 1.82) is 0 Å². The Hall–Kier alpha value is -2.36. The zero-order valence-electron chi connectivity index (χ0n) is 12.3. The summed E-state index contributed by atoms with van der Waals surface area (Å²) in [5.41, 5.74) is 3.90. The van der Waals surface area contributed by atoms with Gasteiger partial charge in [0.1, 0.15) is 0 Å². The minimum Gasteiger partial charge on any atom is -0.343 e. The number of likely N-dealkylation sites (N-methyl/N-ethyl adjacent to an activating group) is 2. The molecule has 0 fully saturated rings. The largest absolute Gasteiger partial charge is 0.343 e. The van der Waals surface area contributed by atoms with E-state index in [0.717, 1.165) is 17.1 Å². The summed E-state index contributed by atoms with van der Waals surface area (Å²) < 4.78 is 0. The molecule has 0 aromatic heterocycles. The van der Waals surface area contributed by atoms with Crippen LogP contribution in [0.25, 0.3) is 0 Å². The highest BCUT2D eigenvalue weighted by Gasteiger charge is 2.28. The first-order chi connectivity index (χ1) is 9.43. The number of carbonyl (C=O) groups is 1. The van der Waals surface area contributed by atoms with Crippen molar-refractivity contribution >= 4 is 17.3 Å². The number of nitrogens with zero attached hydrogens (tertiary/aromatic N) is 3. The molecule has 4 heteroatoms. The lowest BCUT2D eigenvalue weighted by atomic mass is 10.1. The molecule has 0 N–H and O–H groups in total. The van der Waals surface area contributed by atoms with Gasteiger partial charge in [0, 0.05) is 19.8 Å². The van der Waals surface area contributed by atoms with Crippen molar-refractivity contribution in [3.05, 3.63) is 54.0 Å². The van der Waals surface area contributed by atoms with Gasteiger partial charge in [-0.25, -0.2) is 0 Å². The third-order valence-corrected chi connectivity index (χ3v) is 3.31. The molecule has 2 rings (SSSR count). The molecule has 1 aromatic rings. The van der Waals surface area contributed by atoms with Crippen molar-refractivity contribution in [2.24, 2.45) is 4.99 Å². The molecule has 1 aliphatic heterocycles. The molecule has 0 radical (unpaired) electrons. The Kier molecular flexibility index (Phi) is 3.74. The van der Waals surface area contributed by atoms with Crippen LogP contribution in [0.15, 0.2) is 53.4 Å². The van der Waals surface area contributed by atoms with Crippen molar-refractivity contribution in [1.82, 2.24) is 4.90 Å². The molecule has 20 heavy (non-hydrogen) atoms. The quantitative estimate of drug-likeness (QED) is 0.735. The van der Waals surface area contributed by atoms with Crippen LogP contribution >= 0.6 is 0 Å². The predicted octanol–water partition coefficient (Wildman–Crippen LogP) is 3.04. The van der Waals surface area contributed by atoms with Crippen molar-refractivity contribution in [3.63, 3.8) is 0 Å². The molecule has 4 nitrogen and oxygen atoms in total. The lowest BCUT2D eigenvalue weighted by molar-refractivity contribution is 0.0842. The molecule has 104 valence electrons. The lowest BCUT2D eigenvalue weighted by Crippen LogP contribution is -2.26. The smallest absolute Gasteiger partial charge is 0.260 e. The third-order valence-electron chi connectivity index (χ3n) is 3.31. The minimum absolute atomic E-state index is 0.0543. The van der Waals surface area contributed by atoms with Crippen molar-refractivity contribution < 1.29 is 4.79 Å². The fourth-order valence-corrected chi connectivity index (χ4v) is 2.10. The van der Waals surface area contributed by atoms with Crippen LogP contribution in [0.2, 0.25) is 0 Å². The molecule has 1 heterocycles. The molecule has 1 aromatic carbocycles. The van der Waals surface area contributed by atoms with E-state index in [2.05, 4.69) is 11.6 Å². The molecular weight excluding hydrogens is 250 g/mol. The Morgan fingerprint density at radius 2 is 1.85 bits per heavy atom. The number of fused-ring (bicyclic) bond motifs is 1. The van der Waals surface area contributed by atoms with Crippen LogP contribution < -0.4 is 4.90 Å². The lowest BCUT2D eigenvalue weighted by Gasteiger charge is -2.23. The van der Waals surface area contributed by atoms with Crippen molar-refractivity contribution in [2.45, 2.75) is 13.8 Å². The Morgan fingerprint density at radius 3 is 2.50 bits per heavy atom. The number of hydrogen-bond donors (Lipinski definition) is 0. The minimum atomic E-state index is -0.0543. The predicted molar refractivity (Wildman–Crippen MR) is 82.9 cm³/mol. The van der Waals surface area contributed by atoms with E-state index in [1.807, 2.05) is 50.1 Å². The van der Waals surface area contributed by atoms with Gasteiger partial charge in [-0.1, -0.05) is 18.7 Å². The van der Waals surface area contributed by atoms with Gasteiger partial charge in [-0.3, -0.25) is 9.79 Å². The maximum absolute atomic E-state index is 12.6. The Morgan fingerprint density at radius 1 is 1.20 bits per heavy atom. The van der Waals surface area contributed by atoms with Crippen LogP contribution in [0.1, 0.15) is 24.2 Å². The van der Waals surface area contributed by atoms with E-state index in [1.54, 1.807) is 18.1 Å². The fourth-order valence-electron chi connectivity index (χ4n) is 2.10. The van der Waals surface area contributed by atoms with E-state index in [4.69, 9.17) is 0 Å². The van der Waals surface area contributed by atoms with Gasteiger partial charge in [-0.2, -0.15) is 0 Å². The van der Waals surface area contributed by atoms with Crippen LogP contribution in [0.4, 0.5) is 5.69 Å². The second-order valence-electron chi connectivity index (χ2n) is 4.98. The second kappa shape index (κ2) is 5.33. The molecule has 0 saturated carbocycles. The van der Waals surface area contributed by atoms with E-state index in [9.17, 15) is 4.79 Å². The summed E-state index contributed by atoms with van der Waals surface area (Å²) >= 11 is 0. The molecule has 0 atom stereocenters. The van der Waals surface area contributed by atoms with E-state index in [-0.39, 0.29) is 5.91 Å². The maximum Gasteiger partial charge on any atom is 0.260 e. The third kappa shape index (κ3) is 2.37. The highest BCUT2D eigenvalue weighted by atomic mass is 16.2. The number of anilines is 1. The van der Waals surface area contributed by atoms with E-state index in [1.165, 1.54) is 0 Å². The van der Waals surface area contributed by atoms with Crippen LogP contribution in [0.5, 0.6) is 0 Å². The van der Waals surface area contributed by atoms with Gasteiger partial charge in [-0.15, -0.1) is 0 Å². The number of aliphatic imine (C=N–C) groups is 1. The standard InChI is InChI=1S/C16H19N3O/c1-11(2)17-10-15-12(3)18(4)14-9-7-6-8-13(14)16(20)19(15)5/h6-10H,3H2,1-2,4-5H3/b15-10+. The zero-order valence-corrected chi connectivity index (χ0v) is 12.3. The first kappa shape index (κ1) is 14.1. The number of amides is 1. The molecule has 0 unspecified atom stereocenters. The maximum atomic E-state index is 12.6. The van der Waals surface area contributed by atoms with Crippen LogP contribution in [0.3, 0.4) is 0 Å². The molecule has 0 bridgehead atoms. The first-order valence-electron chi connectivity index (χ1n) is 6.44. The number of para-hydroxylation sites is 1. The van der Waals surface area contributed by atoms with Gasteiger partial charge < -0.3 is 9.80 Å². The highest BCUT2D eigenvalue weighted by molar-refractivity contribution is 6.02. The first-order valence-corrected chi connectivity index (χ1v) is 6.44. The van der Waals surface area contributed by atoms with E-state index >= 15 is 0 Å². The number of benzene rings is 1. The van der Waals surface area contributed by atoms with Gasteiger partial charge >= 0.3 is 0 Å². The van der Waals surface area contributed by atoms with Crippen LogP contribution in [-0.4, -0.2) is 30.6 Å². The summed E-state index contributed by atoms with van der Waals surface area (Å²) in [6, 6.07) is 7.53. The Bertz CT molecular complexity index is 624. The van der Waals surface area contributed by atoms with Crippen LogP contribution in [-0.2, 0) is 0 Å². The molecule has 0 saturated heterocycles. The van der Waals surface area contributed by atoms with Crippen molar-refractivity contribution in [2.75, 3.05) is 19.0 Å². The molecular formula is C16H19N3O. The number of rotatable bonds is 1. The second-order valence-corrected chi connectivity index (χ2v) is 4.98.